The molecule has 0 aromatic heterocycles. The first kappa shape index (κ1) is 13.0. The monoisotopic (exact) mass is 302 g/mol. The van der Waals surface area contributed by atoms with E-state index in [1.807, 2.05) is 57.2 Å². The summed E-state index contributed by atoms with van der Waals surface area (Å²) in [4.78, 5) is 12.5. The van der Waals surface area contributed by atoms with Crippen LogP contribution in [0, 0.1) is 20.8 Å². The van der Waals surface area contributed by atoms with Crippen LogP contribution in [0.5, 0.6) is 0 Å². The molecule has 92 valence electrons. The molecule has 1 nitrogen and oxygen atoms in total. The van der Waals surface area contributed by atoms with E-state index in [1.165, 1.54) is 0 Å². The molecule has 0 amide bonds. The van der Waals surface area contributed by atoms with E-state index in [0.717, 1.165) is 26.7 Å². The van der Waals surface area contributed by atoms with Crippen molar-refractivity contribution in [2.75, 3.05) is 0 Å². The summed E-state index contributed by atoms with van der Waals surface area (Å²) in [6, 6.07) is 11.6. The van der Waals surface area contributed by atoms with Crippen LogP contribution in [0.15, 0.2) is 40.9 Å². The molecule has 2 rings (SSSR count). The molecular weight excluding hydrogens is 288 g/mol. The second-order valence-corrected chi connectivity index (χ2v) is 5.41. The molecule has 0 aliphatic carbocycles. The van der Waals surface area contributed by atoms with E-state index < -0.39 is 0 Å². The van der Waals surface area contributed by atoms with Gasteiger partial charge in [-0.15, -0.1) is 0 Å². The molecule has 0 atom stereocenters. The maximum atomic E-state index is 12.5. The predicted octanol–water partition coefficient (Wildman–Crippen LogP) is 4.61. The number of carbonyl (C=O) groups excluding carboxylic acids is 1. The van der Waals surface area contributed by atoms with Crippen molar-refractivity contribution in [3.8, 4) is 0 Å². The van der Waals surface area contributed by atoms with Gasteiger partial charge in [-0.2, -0.15) is 0 Å². The third-order valence-electron chi connectivity index (χ3n) is 3.22. The van der Waals surface area contributed by atoms with E-state index >= 15 is 0 Å². The van der Waals surface area contributed by atoms with Crippen LogP contribution < -0.4 is 0 Å². The summed E-state index contributed by atoms with van der Waals surface area (Å²) in [5.41, 5.74) is 4.83. The van der Waals surface area contributed by atoms with Crippen molar-refractivity contribution in [2.45, 2.75) is 20.8 Å². The average Bonchev–Trinajstić information content (AvgIpc) is 2.32. The predicted molar refractivity (Wildman–Crippen MR) is 78.2 cm³/mol. The number of halogens is 1. The lowest BCUT2D eigenvalue weighted by atomic mass is 9.96. The molecule has 0 N–H and O–H groups in total. The fourth-order valence-corrected chi connectivity index (χ4v) is 2.62. The van der Waals surface area contributed by atoms with Crippen LogP contribution in [-0.2, 0) is 0 Å². The van der Waals surface area contributed by atoms with Gasteiger partial charge in [-0.05, 0) is 49.6 Å². The zero-order valence-electron chi connectivity index (χ0n) is 10.8. The van der Waals surface area contributed by atoms with Crippen LogP contribution in [-0.4, -0.2) is 5.78 Å². The van der Waals surface area contributed by atoms with Gasteiger partial charge in [-0.1, -0.05) is 40.2 Å². The molecule has 0 saturated heterocycles. The molecule has 2 aromatic rings. The van der Waals surface area contributed by atoms with Gasteiger partial charge in [-0.3, -0.25) is 4.79 Å². The summed E-state index contributed by atoms with van der Waals surface area (Å²) < 4.78 is 0.855. The van der Waals surface area contributed by atoms with E-state index in [1.54, 1.807) is 0 Å². The Morgan fingerprint density at radius 1 is 1.00 bits per heavy atom. The highest BCUT2D eigenvalue weighted by atomic mass is 79.9. The Morgan fingerprint density at radius 3 is 2.39 bits per heavy atom. The van der Waals surface area contributed by atoms with Gasteiger partial charge in [0.2, 0.25) is 0 Å². The van der Waals surface area contributed by atoms with Gasteiger partial charge in [0.05, 0.1) is 0 Å². The third kappa shape index (κ3) is 2.39. The highest BCUT2D eigenvalue weighted by Crippen LogP contribution is 2.23. The maximum Gasteiger partial charge on any atom is 0.194 e. The standard InChI is InChI=1S/C16H15BrO/c1-10-7-8-14(15(17)9-10)16(18)13-6-4-5-11(2)12(13)3/h4-9H,1-3H3. The van der Waals surface area contributed by atoms with Crippen LogP contribution in [0.3, 0.4) is 0 Å². The van der Waals surface area contributed by atoms with Crippen molar-refractivity contribution in [2.24, 2.45) is 0 Å². The Balaban J connectivity index is 2.51. The minimum Gasteiger partial charge on any atom is -0.289 e. The molecule has 0 saturated carbocycles. The topological polar surface area (TPSA) is 17.1 Å². The molecular formula is C16H15BrO. The number of ketones is 1. The van der Waals surface area contributed by atoms with E-state index in [4.69, 9.17) is 0 Å². The SMILES string of the molecule is Cc1ccc(C(=O)c2cccc(C)c2C)c(Br)c1. The van der Waals surface area contributed by atoms with E-state index in [9.17, 15) is 4.79 Å². The largest absolute Gasteiger partial charge is 0.289 e. The van der Waals surface area contributed by atoms with E-state index in [-0.39, 0.29) is 5.78 Å². The summed E-state index contributed by atoms with van der Waals surface area (Å²) >= 11 is 3.47. The fourth-order valence-electron chi connectivity index (χ4n) is 1.95. The molecule has 18 heavy (non-hydrogen) atoms. The van der Waals surface area contributed by atoms with Gasteiger partial charge in [0.25, 0.3) is 0 Å². The summed E-state index contributed by atoms with van der Waals surface area (Å²) in [7, 11) is 0. The summed E-state index contributed by atoms with van der Waals surface area (Å²) in [5.74, 6) is 0.0723. The quantitative estimate of drug-likeness (QED) is 0.741. The number of benzene rings is 2. The first-order chi connectivity index (χ1) is 8.50. The second-order valence-electron chi connectivity index (χ2n) is 4.56. The number of rotatable bonds is 2. The summed E-state index contributed by atoms with van der Waals surface area (Å²) in [5, 5.41) is 0. The van der Waals surface area contributed by atoms with Gasteiger partial charge >= 0.3 is 0 Å². The van der Waals surface area contributed by atoms with Crippen molar-refractivity contribution in [3.63, 3.8) is 0 Å². The zero-order chi connectivity index (χ0) is 13.3. The second kappa shape index (κ2) is 5.07. The number of aryl methyl sites for hydroxylation is 2. The first-order valence-electron chi connectivity index (χ1n) is 5.88. The molecule has 0 spiro atoms. The number of hydrogen-bond donors (Lipinski definition) is 0. The summed E-state index contributed by atoms with van der Waals surface area (Å²) in [6.07, 6.45) is 0. The fraction of sp³-hybridized carbons (Fsp3) is 0.188. The molecule has 0 bridgehead atoms. The molecule has 0 unspecified atom stereocenters. The van der Waals surface area contributed by atoms with Gasteiger partial charge in [0.1, 0.15) is 0 Å². The molecule has 0 aliphatic rings. The summed E-state index contributed by atoms with van der Waals surface area (Å²) in [6.45, 7) is 6.03. The molecule has 0 aliphatic heterocycles. The Morgan fingerprint density at radius 2 is 1.72 bits per heavy atom. The average molecular weight is 303 g/mol. The van der Waals surface area contributed by atoms with Crippen LogP contribution in [0.25, 0.3) is 0 Å². The maximum absolute atomic E-state index is 12.5. The number of hydrogen-bond acceptors (Lipinski definition) is 1. The lowest BCUT2D eigenvalue weighted by molar-refractivity contribution is 0.103. The van der Waals surface area contributed by atoms with Crippen molar-refractivity contribution in [1.82, 2.24) is 0 Å². The molecule has 0 radical (unpaired) electrons. The molecule has 2 heteroatoms. The number of carbonyl (C=O) groups is 1. The smallest absolute Gasteiger partial charge is 0.194 e. The van der Waals surface area contributed by atoms with Gasteiger partial charge in [-0.25, -0.2) is 0 Å². The first-order valence-corrected chi connectivity index (χ1v) is 6.67. The van der Waals surface area contributed by atoms with Crippen molar-refractivity contribution in [3.05, 3.63) is 68.7 Å². The van der Waals surface area contributed by atoms with Gasteiger partial charge in [0, 0.05) is 15.6 Å². The van der Waals surface area contributed by atoms with Crippen LogP contribution in [0.4, 0.5) is 0 Å². The van der Waals surface area contributed by atoms with Gasteiger partial charge < -0.3 is 0 Å². The highest BCUT2D eigenvalue weighted by Gasteiger charge is 2.15. The van der Waals surface area contributed by atoms with Crippen molar-refractivity contribution >= 4 is 21.7 Å². The Bertz CT molecular complexity index is 614. The molecule has 0 heterocycles. The van der Waals surface area contributed by atoms with Gasteiger partial charge in [0.15, 0.2) is 5.78 Å². The Kier molecular flexibility index (Phi) is 3.67. The van der Waals surface area contributed by atoms with Crippen LogP contribution >= 0.6 is 15.9 Å². The Hall–Kier alpha value is -1.41. The van der Waals surface area contributed by atoms with Crippen molar-refractivity contribution < 1.29 is 4.79 Å². The minimum absolute atomic E-state index is 0.0723. The van der Waals surface area contributed by atoms with Crippen LogP contribution in [0.2, 0.25) is 0 Å². The van der Waals surface area contributed by atoms with E-state index in [0.29, 0.717) is 5.56 Å². The Labute approximate surface area is 116 Å². The molecule has 0 fully saturated rings. The zero-order valence-corrected chi connectivity index (χ0v) is 12.3. The lowest BCUT2D eigenvalue weighted by Gasteiger charge is -2.09. The molecule has 2 aromatic carbocycles. The van der Waals surface area contributed by atoms with E-state index in [2.05, 4.69) is 15.9 Å². The minimum atomic E-state index is 0.0723. The lowest BCUT2D eigenvalue weighted by Crippen LogP contribution is -2.05. The normalized spacial score (nSPS) is 10.4. The van der Waals surface area contributed by atoms with Crippen LogP contribution in [0.1, 0.15) is 32.6 Å². The highest BCUT2D eigenvalue weighted by molar-refractivity contribution is 9.10. The third-order valence-corrected chi connectivity index (χ3v) is 3.87. The van der Waals surface area contributed by atoms with Crippen molar-refractivity contribution in [1.29, 1.82) is 0 Å².